The van der Waals surface area contributed by atoms with Crippen molar-refractivity contribution in [1.29, 1.82) is 0 Å². The molecule has 21 heavy (non-hydrogen) atoms. The number of carbonyl (C=O) groups is 1. The summed E-state index contributed by atoms with van der Waals surface area (Å²) in [5, 5.41) is 13.4. The van der Waals surface area contributed by atoms with E-state index in [2.05, 4.69) is 5.32 Å². The summed E-state index contributed by atoms with van der Waals surface area (Å²) in [6.45, 7) is 3.55. The van der Waals surface area contributed by atoms with E-state index in [1.165, 1.54) is 0 Å². The third-order valence-electron chi connectivity index (χ3n) is 3.22. The number of hydrogen-bond donors (Lipinski definition) is 1. The van der Waals surface area contributed by atoms with Gasteiger partial charge in [-0.05, 0) is 18.9 Å². The molecule has 1 aromatic carbocycles. The maximum Gasteiger partial charge on any atom is 0.229 e. The molecule has 1 amide bonds. The molecule has 0 aromatic heterocycles. The Morgan fingerprint density at radius 1 is 1.38 bits per heavy atom. The average molecular weight is 294 g/mol. The maximum atomic E-state index is 10.8. The van der Waals surface area contributed by atoms with E-state index >= 15 is 0 Å². The van der Waals surface area contributed by atoms with Gasteiger partial charge < -0.3 is 10.1 Å². The van der Waals surface area contributed by atoms with Gasteiger partial charge in [-0.1, -0.05) is 43.7 Å². The molecule has 0 aliphatic carbocycles. The standard InChI is InChI=1S/C15H22N2O4/c1-3-7-14(10-17(19)20)21-15(12(2)16-11-18)13-8-5-4-6-9-13/h4-6,8-9,11-12,14-15H,3,7,10H2,1-2H3,(H,16,18)/t12-,14+,15-/m0/s1. The molecule has 0 heterocycles. The van der Waals surface area contributed by atoms with E-state index in [0.717, 1.165) is 12.0 Å². The summed E-state index contributed by atoms with van der Waals surface area (Å²) in [7, 11) is 0. The van der Waals surface area contributed by atoms with Crippen molar-refractivity contribution < 1.29 is 14.5 Å². The molecule has 0 bridgehead atoms. The van der Waals surface area contributed by atoms with Gasteiger partial charge in [0.1, 0.15) is 12.2 Å². The molecule has 116 valence electrons. The van der Waals surface area contributed by atoms with Gasteiger partial charge >= 0.3 is 0 Å². The highest BCUT2D eigenvalue weighted by Gasteiger charge is 2.26. The van der Waals surface area contributed by atoms with Crippen LogP contribution in [-0.2, 0) is 9.53 Å². The summed E-state index contributed by atoms with van der Waals surface area (Å²) in [6, 6.07) is 9.16. The zero-order valence-corrected chi connectivity index (χ0v) is 12.4. The zero-order valence-electron chi connectivity index (χ0n) is 12.4. The first kappa shape index (κ1) is 17.1. The van der Waals surface area contributed by atoms with Crippen LogP contribution in [0.1, 0.15) is 38.4 Å². The number of nitrogens with zero attached hydrogens (tertiary/aromatic N) is 1. The molecular weight excluding hydrogens is 272 g/mol. The Morgan fingerprint density at radius 2 is 2.05 bits per heavy atom. The van der Waals surface area contributed by atoms with Crippen LogP contribution in [0, 0.1) is 10.1 Å². The molecule has 0 saturated carbocycles. The van der Waals surface area contributed by atoms with Crippen LogP contribution in [0.4, 0.5) is 0 Å². The number of hydrogen-bond acceptors (Lipinski definition) is 4. The number of benzene rings is 1. The van der Waals surface area contributed by atoms with E-state index < -0.39 is 12.2 Å². The van der Waals surface area contributed by atoms with Crippen molar-refractivity contribution in [3.63, 3.8) is 0 Å². The zero-order chi connectivity index (χ0) is 15.7. The van der Waals surface area contributed by atoms with Crippen LogP contribution >= 0.6 is 0 Å². The van der Waals surface area contributed by atoms with Crippen LogP contribution in [0.25, 0.3) is 0 Å². The highest BCUT2D eigenvalue weighted by molar-refractivity contribution is 5.47. The minimum absolute atomic E-state index is 0.231. The maximum absolute atomic E-state index is 10.8. The predicted octanol–water partition coefficient (Wildman–Crippen LogP) is 2.32. The number of ether oxygens (including phenoxy) is 1. The second-order valence-electron chi connectivity index (χ2n) is 4.97. The largest absolute Gasteiger partial charge is 0.361 e. The third kappa shape index (κ3) is 5.91. The number of nitro groups is 1. The second-order valence-corrected chi connectivity index (χ2v) is 4.97. The van der Waals surface area contributed by atoms with Gasteiger partial charge in [-0.3, -0.25) is 14.9 Å². The van der Waals surface area contributed by atoms with Gasteiger partial charge in [0.25, 0.3) is 0 Å². The molecule has 0 aliphatic heterocycles. The molecule has 0 unspecified atom stereocenters. The van der Waals surface area contributed by atoms with Crippen molar-refractivity contribution in [1.82, 2.24) is 5.32 Å². The van der Waals surface area contributed by atoms with Crippen molar-refractivity contribution in [3.8, 4) is 0 Å². The lowest BCUT2D eigenvalue weighted by molar-refractivity contribution is -0.493. The van der Waals surface area contributed by atoms with Crippen molar-refractivity contribution in [2.24, 2.45) is 0 Å². The lowest BCUT2D eigenvalue weighted by Crippen LogP contribution is -2.36. The summed E-state index contributed by atoms with van der Waals surface area (Å²) >= 11 is 0. The molecule has 6 nitrogen and oxygen atoms in total. The van der Waals surface area contributed by atoms with Crippen LogP contribution in [0.15, 0.2) is 30.3 Å². The first-order valence-corrected chi connectivity index (χ1v) is 7.10. The number of amides is 1. The Morgan fingerprint density at radius 3 is 2.57 bits per heavy atom. The average Bonchev–Trinajstić information content (AvgIpc) is 2.45. The Hall–Kier alpha value is -1.95. The summed E-state index contributed by atoms with van der Waals surface area (Å²) < 4.78 is 5.94. The van der Waals surface area contributed by atoms with Crippen LogP contribution in [0.2, 0.25) is 0 Å². The Bertz CT molecular complexity index is 439. The molecule has 0 aliphatic rings. The summed E-state index contributed by atoms with van der Waals surface area (Å²) in [4.78, 5) is 21.1. The molecule has 3 atom stereocenters. The topological polar surface area (TPSA) is 81.5 Å². The van der Waals surface area contributed by atoms with Crippen LogP contribution in [0.5, 0.6) is 0 Å². The van der Waals surface area contributed by atoms with Crippen LogP contribution < -0.4 is 5.32 Å². The monoisotopic (exact) mass is 294 g/mol. The van der Waals surface area contributed by atoms with Gasteiger partial charge in [0.15, 0.2) is 0 Å². The summed E-state index contributed by atoms with van der Waals surface area (Å²) in [5.74, 6) is 0. The van der Waals surface area contributed by atoms with Gasteiger partial charge in [0, 0.05) is 4.92 Å². The van der Waals surface area contributed by atoms with Crippen molar-refractivity contribution in [2.75, 3.05) is 6.54 Å². The van der Waals surface area contributed by atoms with Crippen LogP contribution in [-0.4, -0.2) is 30.0 Å². The molecule has 0 fully saturated rings. The van der Waals surface area contributed by atoms with E-state index in [1.54, 1.807) is 0 Å². The van der Waals surface area contributed by atoms with Gasteiger partial charge in [0.05, 0.1) is 6.04 Å². The molecule has 1 N–H and O–H groups in total. The Labute approximate surface area is 124 Å². The fourth-order valence-corrected chi connectivity index (χ4v) is 2.22. The highest BCUT2D eigenvalue weighted by atomic mass is 16.6. The normalized spacial score (nSPS) is 15.0. The lowest BCUT2D eigenvalue weighted by atomic mass is 10.0. The lowest BCUT2D eigenvalue weighted by Gasteiger charge is -2.27. The van der Waals surface area contributed by atoms with E-state index in [9.17, 15) is 14.9 Å². The molecule has 6 heteroatoms. The fraction of sp³-hybridized carbons (Fsp3) is 0.533. The number of nitrogens with one attached hydrogen (secondary N) is 1. The van der Waals surface area contributed by atoms with Gasteiger partial charge in [-0.15, -0.1) is 0 Å². The molecule has 0 spiro atoms. The van der Waals surface area contributed by atoms with Gasteiger partial charge in [-0.2, -0.15) is 0 Å². The highest BCUT2D eigenvalue weighted by Crippen LogP contribution is 2.24. The van der Waals surface area contributed by atoms with Gasteiger partial charge in [0.2, 0.25) is 13.0 Å². The van der Waals surface area contributed by atoms with Gasteiger partial charge in [-0.25, -0.2) is 0 Å². The Balaban J connectivity index is 2.89. The third-order valence-corrected chi connectivity index (χ3v) is 3.22. The quantitative estimate of drug-likeness (QED) is 0.408. The second kappa shape index (κ2) is 9.07. The minimum atomic E-state index is -0.467. The number of rotatable bonds is 10. The van der Waals surface area contributed by atoms with Crippen LogP contribution in [0.3, 0.4) is 0 Å². The van der Waals surface area contributed by atoms with E-state index in [4.69, 9.17) is 4.74 Å². The van der Waals surface area contributed by atoms with Crippen molar-refractivity contribution in [3.05, 3.63) is 46.0 Å². The van der Waals surface area contributed by atoms with Crippen molar-refractivity contribution >= 4 is 6.41 Å². The SMILES string of the molecule is CCC[C@H](C[N+](=O)[O-])O[C@H](c1ccccc1)[C@H](C)NC=O. The summed E-state index contributed by atoms with van der Waals surface area (Å²) in [5.41, 5.74) is 0.892. The minimum Gasteiger partial charge on any atom is -0.361 e. The predicted molar refractivity (Wildman–Crippen MR) is 79.5 cm³/mol. The molecule has 1 rings (SSSR count). The number of carbonyl (C=O) groups excluding carboxylic acids is 1. The molecule has 0 radical (unpaired) electrons. The molecule has 1 aromatic rings. The first-order valence-electron chi connectivity index (χ1n) is 7.10. The fourth-order valence-electron chi connectivity index (χ4n) is 2.22. The Kier molecular flexibility index (Phi) is 7.39. The molecule has 0 saturated heterocycles. The summed E-state index contributed by atoms with van der Waals surface area (Å²) in [6.07, 6.45) is 1.15. The van der Waals surface area contributed by atoms with E-state index in [0.29, 0.717) is 12.8 Å². The van der Waals surface area contributed by atoms with Crippen molar-refractivity contribution in [2.45, 2.75) is 44.9 Å². The first-order chi connectivity index (χ1) is 10.1. The van der Waals surface area contributed by atoms with E-state index in [-0.39, 0.29) is 17.5 Å². The van der Waals surface area contributed by atoms with E-state index in [1.807, 2.05) is 44.2 Å². The smallest absolute Gasteiger partial charge is 0.229 e. The molecular formula is C15H22N2O4.